The molecular formula is C7H8BrNOS. The SMILES string of the molecule is OSNCc1ccc(Br)cc1. The fraction of sp³-hybridized carbons (Fsp3) is 0.143. The summed E-state index contributed by atoms with van der Waals surface area (Å²) in [7, 11) is 0. The summed E-state index contributed by atoms with van der Waals surface area (Å²) in [5, 5.41) is 0. The zero-order valence-corrected chi connectivity index (χ0v) is 8.15. The molecule has 11 heavy (non-hydrogen) atoms. The van der Waals surface area contributed by atoms with Crippen LogP contribution in [0.2, 0.25) is 0 Å². The molecule has 0 radical (unpaired) electrons. The third-order valence-electron chi connectivity index (χ3n) is 1.25. The van der Waals surface area contributed by atoms with Gasteiger partial charge in [0.2, 0.25) is 0 Å². The maximum atomic E-state index is 8.38. The van der Waals surface area contributed by atoms with Crippen LogP contribution in [-0.4, -0.2) is 4.55 Å². The van der Waals surface area contributed by atoms with E-state index in [0.29, 0.717) is 18.8 Å². The second kappa shape index (κ2) is 4.77. The summed E-state index contributed by atoms with van der Waals surface area (Å²) >= 11 is 3.98. The molecule has 0 aliphatic carbocycles. The highest BCUT2D eigenvalue weighted by Gasteiger charge is 1.90. The summed E-state index contributed by atoms with van der Waals surface area (Å²) in [6.07, 6.45) is 0. The second-order valence-corrected chi connectivity index (χ2v) is 3.43. The number of benzene rings is 1. The van der Waals surface area contributed by atoms with Gasteiger partial charge in [0.05, 0.1) is 12.2 Å². The van der Waals surface area contributed by atoms with Crippen LogP contribution in [0, 0.1) is 0 Å². The van der Waals surface area contributed by atoms with E-state index in [0.717, 1.165) is 10.0 Å². The molecule has 1 aromatic rings. The van der Waals surface area contributed by atoms with Gasteiger partial charge in [0, 0.05) is 11.0 Å². The van der Waals surface area contributed by atoms with Gasteiger partial charge >= 0.3 is 0 Å². The zero-order chi connectivity index (χ0) is 8.10. The molecule has 0 aliphatic heterocycles. The average molecular weight is 234 g/mol. The fourth-order valence-electron chi connectivity index (χ4n) is 0.718. The normalized spacial score (nSPS) is 10.0. The highest BCUT2D eigenvalue weighted by atomic mass is 79.9. The Morgan fingerprint density at radius 2 is 2.00 bits per heavy atom. The lowest BCUT2D eigenvalue weighted by molar-refractivity contribution is 0.649. The summed E-state index contributed by atoms with van der Waals surface area (Å²) in [6.45, 7) is 0.675. The second-order valence-electron chi connectivity index (χ2n) is 2.04. The monoisotopic (exact) mass is 233 g/mol. The zero-order valence-electron chi connectivity index (χ0n) is 5.75. The molecular weight excluding hydrogens is 226 g/mol. The van der Waals surface area contributed by atoms with Crippen LogP contribution in [0.15, 0.2) is 28.7 Å². The van der Waals surface area contributed by atoms with E-state index in [1.165, 1.54) is 0 Å². The van der Waals surface area contributed by atoms with Gasteiger partial charge in [-0.05, 0) is 17.7 Å². The van der Waals surface area contributed by atoms with E-state index in [-0.39, 0.29) is 0 Å². The van der Waals surface area contributed by atoms with E-state index in [9.17, 15) is 0 Å². The van der Waals surface area contributed by atoms with Gasteiger partial charge in [-0.3, -0.25) is 0 Å². The summed E-state index contributed by atoms with van der Waals surface area (Å²) in [4.78, 5) is 0. The predicted octanol–water partition coefficient (Wildman–Crippen LogP) is 2.66. The molecule has 0 aliphatic rings. The van der Waals surface area contributed by atoms with Crippen LogP contribution >= 0.6 is 28.2 Å². The van der Waals surface area contributed by atoms with Crippen molar-refractivity contribution in [3.8, 4) is 0 Å². The molecule has 0 saturated carbocycles. The van der Waals surface area contributed by atoms with Crippen molar-refractivity contribution in [2.45, 2.75) is 6.54 Å². The van der Waals surface area contributed by atoms with E-state index >= 15 is 0 Å². The van der Waals surface area contributed by atoms with Gasteiger partial charge in [0.25, 0.3) is 0 Å². The Hall–Kier alpha value is -0.0300. The van der Waals surface area contributed by atoms with Crippen molar-refractivity contribution >= 4 is 28.2 Å². The number of halogens is 1. The highest BCUT2D eigenvalue weighted by Crippen LogP contribution is 2.10. The topological polar surface area (TPSA) is 32.3 Å². The minimum absolute atomic E-state index is 0.639. The first-order valence-electron chi connectivity index (χ1n) is 3.10. The molecule has 0 unspecified atom stereocenters. The summed E-state index contributed by atoms with van der Waals surface area (Å²) in [6, 6.07) is 7.93. The fourth-order valence-corrected chi connectivity index (χ4v) is 1.21. The molecule has 0 fully saturated rings. The lowest BCUT2D eigenvalue weighted by atomic mass is 10.2. The van der Waals surface area contributed by atoms with Gasteiger partial charge in [0.15, 0.2) is 0 Å². The molecule has 0 bridgehead atoms. The minimum atomic E-state index is 0.639. The first-order chi connectivity index (χ1) is 5.33. The maximum Gasteiger partial charge on any atom is 0.0763 e. The molecule has 0 heterocycles. The van der Waals surface area contributed by atoms with E-state index in [2.05, 4.69) is 20.7 Å². The highest BCUT2D eigenvalue weighted by molar-refractivity contribution is 9.10. The van der Waals surface area contributed by atoms with Crippen LogP contribution in [0.4, 0.5) is 0 Å². The Kier molecular flexibility index (Phi) is 3.93. The standard InChI is InChI=1S/C7H8BrNOS/c8-7-3-1-6(2-4-7)5-9-11-10/h1-4,9-10H,5H2. The first kappa shape index (κ1) is 9.06. The van der Waals surface area contributed by atoms with Crippen molar-refractivity contribution in [1.82, 2.24) is 4.72 Å². The van der Waals surface area contributed by atoms with Crippen molar-refractivity contribution in [2.24, 2.45) is 0 Å². The van der Waals surface area contributed by atoms with Gasteiger partial charge < -0.3 is 4.55 Å². The maximum absolute atomic E-state index is 8.38. The van der Waals surface area contributed by atoms with Gasteiger partial charge in [-0.25, -0.2) is 4.72 Å². The van der Waals surface area contributed by atoms with Crippen LogP contribution in [0.3, 0.4) is 0 Å². The Morgan fingerprint density at radius 1 is 1.36 bits per heavy atom. The summed E-state index contributed by atoms with van der Waals surface area (Å²) < 4.78 is 12.2. The average Bonchev–Trinajstić information content (AvgIpc) is 2.04. The molecule has 2 nitrogen and oxygen atoms in total. The third kappa shape index (κ3) is 3.25. The minimum Gasteiger partial charge on any atom is -0.317 e. The Bertz CT molecular complexity index is 214. The number of hydrogen-bond donors (Lipinski definition) is 2. The third-order valence-corrected chi connectivity index (χ3v) is 2.06. The van der Waals surface area contributed by atoms with Crippen molar-refractivity contribution in [2.75, 3.05) is 0 Å². The largest absolute Gasteiger partial charge is 0.317 e. The smallest absolute Gasteiger partial charge is 0.0763 e. The van der Waals surface area contributed by atoms with Crippen LogP contribution in [0.1, 0.15) is 5.56 Å². The van der Waals surface area contributed by atoms with E-state index < -0.39 is 0 Å². The molecule has 1 aromatic carbocycles. The predicted molar refractivity (Wildman–Crippen MR) is 51.2 cm³/mol. The van der Waals surface area contributed by atoms with Crippen molar-refractivity contribution in [3.63, 3.8) is 0 Å². The molecule has 0 spiro atoms. The molecule has 1 rings (SSSR count). The van der Waals surface area contributed by atoms with E-state index in [1.54, 1.807) is 0 Å². The van der Waals surface area contributed by atoms with E-state index in [1.807, 2.05) is 24.3 Å². The molecule has 0 saturated heterocycles. The molecule has 2 N–H and O–H groups in total. The van der Waals surface area contributed by atoms with Crippen molar-refractivity contribution < 1.29 is 4.55 Å². The molecule has 0 amide bonds. The first-order valence-corrected chi connectivity index (χ1v) is 4.67. The molecule has 0 atom stereocenters. The molecule has 60 valence electrons. The van der Waals surface area contributed by atoms with Crippen LogP contribution in [0.25, 0.3) is 0 Å². The lowest BCUT2D eigenvalue weighted by Crippen LogP contribution is -2.01. The quantitative estimate of drug-likeness (QED) is 0.622. The van der Waals surface area contributed by atoms with Crippen LogP contribution in [-0.2, 0) is 6.54 Å². The summed E-state index contributed by atoms with van der Waals surface area (Å²) in [5.41, 5.74) is 1.15. The number of rotatable bonds is 3. The molecule has 0 aromatic heterocycles. The van der Waals surface area contributed by atoms with Crippen LogP contribution in [0.5, 0.6) is 0 Å². The molecule has 4 heteroatoms. The van der Waals surface area contributed by atoms with Gasteiger partial charge in [0.1, 0.15) is 0 Å². The summed E-state index contributed by atoms with van der Waals surface area (Å²) in [5.74, 6) is 0. The lowest BCUT2D eigenvalue weighted by Gasteiger charge is -1.99. The van der Waals surface area contributed by atoms with Gasteiger partial charge in [-0.15, -0.1) is 0 Å². The van der Waals surface area contributed by atoms with Crippen molar-refractivity contribution in [3.05, 3.63) is 34.3 Å². The number of hydrogen-bond acceptors (Lipinski definition) is 3. The van der Waals surface area contributed by atoms with Crippen molar-refractivity contribution in [1.29, 1.82) is 0 Å². The Morgan fingerprint density at radius 3 is 2.55 bits per heavy atom. The number of nitrogens with one attached hydrogen (secondary N) is 1. The Balaban J connectivity index is 2.52. The van der Waals surface area contributed by atoms with Crippen LogP contribution < -0.4 is 4.72 Å². The van der Waals surface area contributed by atoms with Gasteiger partial charge in [-0.2, -0.15) is 0 Å². The van der Waals surface area contributed by atoms with E-state index in [4.69, 9.17) is 4.55 Å². The van der Waals surface area contributed by atoms with Gasteiger partial charge in [-0.1, -0.05) is 28.1 Å². The Labute approximate surface area is 78.5 Å².